The first-order valence-electron chi connectivity index (χ1n) is 38.3. The second-order valence-electron chi connectivity index (χ2n) is 32.4. The number of carbonyl (C=O) groups excluding carboxylic acids is 2. The lowest BCUT2D eigenvalue weighted by Gasteiger charge is -2.50. The van der Waals surface area contributed by atoms with E-state index in [9.17, 15) is 40.5 Å². The Morgan fingerprint density at radius 3 is 2.04 bits per heavy atom. The molecule has 6 rings (SSSR count). The minimum Gasteiger partial charge on any atom is -0.461 e. The van der Waals surface area contributed by atoms with E-state index in [1.807, 2.05) is 30.1 Å². The predicted molar refractivity (Wildman–Crippen MR) is 417 cm³/mol. The van der Waals surface area contributed by atoms with Gasteiger partial charge in [-0.1, -0.05) is 161 Å². The molecule has 0 amide bonds. The van der Waals surface area contributed by atoms with E-state index in [0.29, 0.717) is 90.8 Å². The lowest BCUT2D eigenvalue weighted by molar-refractivity contribution is -0.276. The third-order valence-corrected chi connectivity index (χ3v) is 39.7. The summed E-state index contributed by atoms with van der Waals surface area (Å²) in [7, 11) is -9.46. The van der Waals surface area contributed by atoms with E-state index >= 15 is 0 Å². The monoisotopic (exact) mass is 1670 g/mol. The SMILES string of the molecule is C=C1C[C@H](C[C@@H]2C[C@@H](O[Si](C(C)C)(C(C)C)C(C)C)C[C@H](c3coc(/C=C/C[C@H]4O[C@@H](/C(C)=C/c5coc(C[C@]6(O[Si](CC)(CC)CC)C[C@H](OC)C[C@H]([C@@H](/C=C(C)/C=C/[C@@H](C/C=C/Br)OC)O[Si](C)(C)C(C)(C)C)O6)n5)[C@H](C)[C@@H](OC(=O)CP(=O)(OCC(F)(F)F)OCC(F)(F)F)[C@H]4C)n3)O2)O[C@@H](CC=O)C1. The number of alkyl halides is 6. The van der Waals surface area contributed by atoms with Gasteiger partial charge in [-0.25, -0.2) is 9.97 Å². The highest BCUT2D eigenvalue weighted by Crippen LogP contribution is 2.52. The number of halogens is 7. The van der Waals surface area contributed by atoms with Crippen LogP contribution in [0.4, 0.5) is 26.3 Å². The first-order valence-corrected chi connectivity index (χ1v) is 48.6. The molecule has 4 saturated heterocycles. The molecule has 0 aliphatic carbocycles. The quantitative estimate of drug-likeness (QED) is 0.0116. The van der Waals surface area contributed by atoms with Crippen molar-refractivity contribution in [3.05, 3.63) is 94.4 Å². The summed E-state index contributed by atoms with van der Waals surface area (Å²) in [5, 5.41) is -0.160. The van der Waals surface area contributed by atoms with E-state index in [-0.39, 0.29) is 66.8 Å². The van der Waals surface area contributed by atoms with Gasteiger partial charge in [-0.05, 0) is 122 Å². The first kappa shape index (κ1) is 93.4. The zero-order valence-corrected chi connectivity index (χ0v) is 72.8. The Bertz CT molecular complexity index is 3340. The largest absolute Gasteiger partial charge is 0.461 e. The molecular formula is C78H124BrF6N2O17PSi3. The van der Waals surface area contributed by atoms with Crippen LogP contribution in [0.1, 0.15) is 204 Å². The fourth-order valence-electron chi connectivity index (χ4n) is 15.6. The lowest BCUT2D eigenvalue weighted by Crippen LogP contribution is -2.59. The molecule has 108 heavy (non-hydrogen) atoms. The molecule has 614 valence electrons. The summed E-state index contributed by atoms with van der Waals surface area (Å²) < 4.78 is 184. The Kier molecular flexibility index (Phi) is 35.2. The van der Waals surface area contributed by atoms with E-state index in [1.54, 1.807) is 59.5 Å². The smallest absolute Gasteiger partial charge is 0.412 e. The topological polar surface area (TPSA) is 214 Å². The number of aromatic nitrogens is 2. The van der Waals surface area contributed by atoms with Crippen LogP contribution in [0.25, 0.3) is 12.2 Å². The van der Waals surface area contributed by atoms with Gasteiger partial charge in [-0.2, -0.15) is 26.3 Å². The highest BCUT2D eigenvalue weighted by atomic mass is 79.9. The molecule has 4 aliphatic heterocycles. The van der Waals surface area contributed by atoms with Crippen molar-refractivity contribution in [2.45, 2.75) is 326 Å². The second-order valence-corrected chi connectivity index (χ2v) is 49.9. The number of aldehydes is 1. The highest BCUT2D eigenvalue weighted by Gasteiger charge is 2.54. The fraction of sp³-hybridized carbons (Fsp3) is 0.744. The van der Waals surface area contributed by atoms with Gasteiger partial charge in [-0.15, -0.1) is 0 Å². The van der Waals surface area contributed by atoms with Gasteiger partial charge in [0, 0.05) is 58.2 Å². The van der Waals surface area contributed by atoms with Gasteiger partial charge < -0.3 is 60.1 Å². The molecule has 0 N–H and O–H groups in total. The Morgan fingerprint density at radius 2 is 1.46 bits per heavy atom. The average Bonchev–Trinajstić information content (AvgIpc) is 0.911. The van der Waals surface area contributed by atoms with E-state index in [4.69, 9.17) is 65.2 Å². The van der Waals surface area contributed by atoms with Crippen LogP contribution in [0.2, 0.25) is 52.9 Å². The van der Waals surface area contributed by atoms with Crippen LogP contribution in [0.3, 0.4) is 0 Å². The van der Waals surface area contributed by atoms with Crippen molar-refractivity contribution in [1.29, 1.82) is 0 Å². The molecule has 0 saturated carbocycles. The molecule has 19 nitrogen and oxygen atoms in total. The Morgan fingerprint density at radius 1 is 0.824 bits per heavy atom. The number of oxazole rings is 2. The van der Waals surface area contributed by atoms with Crippen molar-refractivity contribution in [2.75, 3.05) is 33.6 Å². The molecule has 2 aromatic rings. The van der Waals surface area contributed by atoms with Gasteiger partial charge in [0.1, 0.15) is 48.6 Å². The molecule has 6 heterocycles. The Labute approximate surface area is 649 Å². The maximum absolute atomic E-state index is 14.0. The van der Waals surface area contributed by atoms with Gasteiger partial charge >= 0.3 is 25.9 Å². The van der Waals surface area contributed by atoms with Crippen molar-refractivity contribution < 1.29 is 105 Å². The van der Waals surface area contributed by atoms with Crippen molar-refractivity contribution in [3.63, 3.8) is 0 Å². The molecular weight excluding hydrogens is 1550 g/mol. The molecule has 0 bridgehead atoms. The maximum atomic E-state index is 14.0. The summed E-state index contributed by atoms with van der Waals surface area (Å²) in [6.45, 7) is 38.0. The zero-order chi connectivity index (χ0) is 80.5. The summed E-state index contributed by atoms with van der Waals surface area (Å²) in [6.07, 6.45) is 4.64. The fourth-order valence-corrected chi connectivity index (χ4v) is 26.9. The standard InChI is InChI=1S/C78H124BrF6N2O17PSi3/c1-22-107(23-2,24-3)104-76(43-64(92-19)42-68(101-76)69(103-106(20,21)75(15,16)17)37-53(10)30-31-59(91-18)27-26-33-79)44-71-86-58(45-93-71)38-55(12)73-57(14)74(100-72(89)47-105(90,95-48-77(80,81)82)96-49-78(83,84)85)56(13)66(99-73)28-25-29-70-87-65(46-94-70)67-41-63(102-108(50(4)5,51(6)7)52(8)9)40-62(98-67)39-61-36-54(11)35-60(97-61)32-34-88/h25-26,29-31,33-34,37-38,45-46,50-52,56-57,59-64,66-69,73-74H,11,22-24,27-28,32,35-36,39-44,47-49H2,1-10,12-21H3/b29-25+,31-30+,33-26+,53-37+,55-38+/t56-,57-,59+,60-,61+,62+,63+,64+,66+,67+,68+,69+,73-,74-,76+/m0/s1. The van der Waals surface area contributed by atoms with Crippen molar-refractivity contribution in [2.24, 2.45) is 11.8 Å². The third-order valence-electron chi connectivity index (χ3n) is 22.3. The highest BCUT2D eigenvalue weighted by molar-refractivity contribution is 9.11. The second kappa shape index (κ2) is 40.7. The van der Waals surface area contributed by atoms with Crippen LogP contribution in [0, 0.1) is 11.8 Å². The summed E-state index contributed by atoms with van der Waals surface area (Å²) in [6, 6.07) is 2.42. The van der Waals surface area contributed by atoms with Gasteiger partial charge in [0.05, 0.1) is 67.5 Å². The van der Waals surface area contributed by atoms with Gasteiger partial charge in [-0.3, -0.25) is 18.4 Å². The number of carbonyl (C=O) groups is 2. The molecule has 4 aliphatic rings. The Hall–Kier alpha value is -3.50. The summed E-state index contributed by atoms with van der Waals surface area (Å²) >= 11 is 3.37. The molecule has 30 heteroatoms. The third kappa shape index (κ3) is 26.8. The molecule has 15 atom stereocenters. The molecule has 0 unspecified atom stereocenters. The molecule has 2 aromatic heterocycles. The molecule has 0 aromatic carbocycles. The molecule has 4 fully saturated rings. The van der Waals surface area contributed by atoms with Gasteiger partial charge in [0.15, 0.2) is 41.5 Å². The summed E-state index contributed by atoms with van der Waals surface area (Å²) in [5.74, 6) is -3.64. The molecule has 0 radical (unpaired) electrons. The van der Waals surface area contributed by atoms with Crippen LogP contribution < -0.4 is 0 Å². The van der Waals surface area contributed by atoms with Crippen molar-refractivity contribution >= 4 is 72.9 Å². The van der Waals surface area contributed by atoms with Gasteiger partial charge in [0.2, 0.25) is 14.2 Å². The van der Waals surface area contributed by atoms with E-state index < -0.39 is 124 Å². The van der Waals surface area contributed by atoms with Gasteiger partial charge in [0.25, 0.3) is 0 Å². The minimum atomic E-state index is -5.43. The Balaban J connectivity index is 1.36. The summed E-state index contributed by atoms with van der Waals surface area (Å²) in [4.78, 5) is 37.4. The number of esters is 1. The van der Waals surface area contributed by atoms with Crippen LogP contribution in [0.5, 0.6) is 0 Å². The van der Waals surface area contributed by atoms with E-state index in [0.717, 1.165) is 35.6 Å². The van der Waals surface area contributed by atoms with Crippen molar-refractivity contribution in [3.8, 4) is 0 Å². The van der Waals surface area contributed by atoms with Crippen LogP contribution in [-0.2, 0) is 76.1 Å². The minimum absolute atomic E-state index is 0.0871. The maximum Gasteiger partial charge on any atom is 0.412 e. The first-order chi connectivity index (χ1) is 50.4. The lowest BCUT2D eigenvalue weighted by atomic mass is 9.79. The normalized spacial score (nSPS) is 27.3. The van der Waals surface area contributed by atoms with E-state index in [2.05, 4.69) is 134 Å². The number of allylic oxidation sites excluding steroid dienone is 2. The molecule has 0 spiro atoms. The van der Waals surface area contributed by atoms with Crippen LogP contribution >= 0.6 is 23.5 Å². The number of hydrogen-bond donors (Lipinski definition) is 0. The van der Waals surface area contributed by atoms with Crippen LogP contribution in [0.15, 0.2) is 80.0 Å². The summed E-state index contributed by atoms with van der Waals surface area (Å²) in [5.41, 5.74) is 4.45. The number of hydrogen-bond acceptors (Lipinski definition) is 19. The number of rotatable bonds is 39. The number of methoxy groups -OCH3 is 2. The average molecular weight is 1670 g/mol. The van der Waals surface area contributed by atoms with Crippen molar-refractivity contribution in [1.82, 2.24) is 9.97 Å². The number of ether oxygens (including phenoxy) is 7. The zero-order valence-electron chi connectivity index (χ0n) is 67.3. The van der Waals surface area contributed by atoms with E-state index in [1.165, 1.54) is 6.26 Å². The van der Waals surface area contributed by atoms with Crippen LogP contribution in [-0.4, -0.2) is 166 Å². The predicted octanol–water partition coefficient (Wildman–Crippen LogP) is 21.0. The number of nitrogens with zero attached hydrogens (tertiary/aromatic N) is 2.